The van der Waals surface area contributed by atoms with Gasteiger partial charge in [0.05, 0.1) is 15.9 Å². The van der Waals surface area contributed by atoms with E-state index in [1.54, 1.807) is 12.4 Å². The van der Waals surface area contributed by atoms with E-state index in [4.69, 9.17) is 4.74 Å². The number of rotatable bonds is 6. The molecule has 0 spiro atoms. The van der Waals surface area contributed by atoms with Crippen molar-refractivity contribution in [2.75, 3.05) is 25.1 Å². The SMILES string of the molecule is C=N/C(=N\C=C(/C)c1cc(-c2ccccn2)c2sc(NC(=O)NCC)nc2c1)C1(O)CCOCC1. The Labute approximate surface area is 207 Å². The van der Waals surface area contributed by atoms with E-state index < -0.39 is 5.60 Å². The van der Waals surface area contributed by atoms with E-state index in [1.807, 2.05) is 44.2 Å². The first-order chi connectivity index (χ1) is 16.9. The zero-order chi connectivity index (χ0) is 24.8. The molecular weight excluding hydrogens is 464 g/mol. The number of fused-ring (bicyclic) bond motifs is 1. The van der Waals surface area contributed by atoms with Gasteiger partial charge in [0.1, 0.15) is 5.60 Å². The van der Waals surface area contributed by atoms with Gasteiger partial charge in [0.25, 0.3) is 0 Å². The maximum atomic E-state index is 12.0. The highest BCUT2D eigenvalue weighted by Gasteiger charge is 2.35. The van der Waals surface area contributed by atoms with Gasteiger partial charge in [-0.05, 0) is 56.0 Å². The van der Waals surface area contributed by atoms with Crippen LogP contribution in [-0.2, 0) is 4.74 Å². The fourth-order valence-electron chi connectivity index (χ4n) is 3.80. The van der Waals surface area contributed by atoms with Crippen LogP contribution in [0, 0.1) is 0 Å². The first-order valence-corrected chi connectivity index (χ1v) is 12.2. The van der Waals surface area contributed by atoms with Crippen molar-refractivity contribution in [3.63, 3.8) is 0 Å². The zero-order valence-corrected chi connectivity index (χ0v) is 20.6. The number of hydrogen-bond acceptors (Lipinski definition) is 7. The smallest absolute Gasteiger partial charge is 0.321 e. The largest absolute Gasteiger partial charge is 0.382 e. The predicted molar refractivity (Wildman–Crippen MR) is 141 cm³/mol. The normalized spacial score (nSPS) is 16.2. The van der Waals surface area contributed by atoms with Crippen molar-refractivity contribution in [1.29, 1.82) is 0 Å². The number of aliphatic hydroxyl groups is 1. The number of aromatic nitrogens is 2. The summed E-state index contributed by atoms with van der Waals surface area (Å²) < 4.78 is 6.27. The van der Waals surface area contributed by atoms with Gasteiger partial charge in [-0.1, -0.05) is 17.4 Å². The third-order valence-corrected chi connectivity index (χ3v) is 6.73. The van der Waals surface area contributed by atoms with Crippen LogP contribution in [0.5, 0.6) is 0 Å². The summed E-state index contributed by atoms with van der Waals surface area (Å²) in [5, 5.41) is 16.9. The molecule has 4 rings (SSSR count). The number of hydrogen-bond donors (Lipinski definition) is 3. The van der Waals surface area contributed by atoms with E-state index in [1.165, 1.54) is 11.3 Å². The van der Waals surface area contributed by atoms with Crippen LogP contribution in [0.25, 0.3) is 27.0 Å². The van der Waals surface area contributed by atoms with Gasteiger partial charge in [-0.3, -0.25) is 10.3 Å². The van der Waals surface area contributed by atoms with Crippen LogP contribution in [0.3, 0.4) is 0 Å². The molecule has 1 aliphatic heterocycles. The van der Waals surface area contributed by atoms with Crippen LogP contribution in [0.2, 0.25) is 0 Å². The molecule has 10 heteroatoms. The summed E-state index contributed by atoms with van der Waals surface area (Å²) in [5.74, 6) is 0.285. The molecule has 1 aliphatic rings. The Balaban J connectivity index is 1.75. The third kappa shape index (κ3) is 5.61. The Hall–Kier alpha value is -3.47. The molecule has 2 amide bonds. The molecule has 0 bridgehead atoms. The fraction of sp³-hybridized carbons (Fsp3) is 0.320. The lowest BCUT2D eigenvalue weighted by Gasteiger charge is -2.30. The number of pyridine rings is 1. The molecule has 2 aromatic heterocycles. The predicted octanol–water partition coefficient (Wildman–Crippen LogP) is 4.50. The first-order valence-electron chi connectivity index (χ1n) is 11.4. The summed E-state index contributed by atoms with van der Waals surface area (Å²) >= 11 is 1.40. The molecule has 3 aromatic rings. The van der Waals surface area contributed by atoms with Crippen molar-refractivity contribution in [2.45, 2.75) is 32.3 Å². The molecule has 1 saturated heterocycles. The molecule has 3 heterocycles. The van der Waals surface area contributed by atoms with E-state index >= 15 is 0 Å². The summed E-state index contributed by atoms with van der Waals surface area (Å²) in [5.41, 5.74) is 3.04. The number of carbonyl (C=O) groups is 1. The van der Waals surface area contributed by atoms with Crippen molar-refractivity contribution in [1.82, 2.24) is 15.3 Å². The molecule has 0 atom stereocenters. The maximum absolute atomic E-state index is 12.0. The van der Waals surface area contributed by atoms with E-state index in [0.29, 0.717) is 37.7 Å². The number of allylic oxidation sites excluding steroid dienone is 1. The molecule has 0 saturated carbocycles. The molecule has 0 unspecified atom stereocenters. The van der Waals surface area contributed by atoms with Crippen molar-refractivity contribution < 1.29 is 14.6 Å². The van der Waals surface area contributed by atoms with Gasteiger partial charge in [0, 0.05) is 50.6 Å². The Kier molecular flexibility index (Phi) is 7.64. The summed E-state index contributed by atoms with van der Waals surface area (Å²) in [6.45, 7) is 8.81. The average Bonchev–Trinajstić information content (AvgIpc) is 3.26. The molecule has 9 nitrogen and oxygen atoms in total. The molecule has 1 fully saturated rings. The summed E-state index contributed by atoms with van der Waals surface area (Å²) in [6, 6.07) is 9.42. The first kappa shape index (κ1) is 24.6. The highest BCUT2D eigenvalue weighted by Crippen LogP contribution is 2.37. The quantitative estimate of drug-likeness (QED) is 0.346. The number of ether oxygens (including phenoxy) is 1. The van der Waals surface area contributed by atoms with Crippen LogP contribution in [0.4, 0.5) is 9.93 Å². The van der Waals surface area contributed by atoms with E-state index in [9.17, 15) is 9.90 Å². The van der Waals surface area contributed by atoms with Crippen LogP contribution >= 0.6 is 11.3 Å². The molecule has 182 valence electrons. The van der Waals surface area contributed by atoms with Crippen LogP contribution in [0.1, 0.15) is 32.3 Å². The minimum Gasteiger partial charge on any atom is -0.382 e. The number of amides is 2. The topological polar surface area (TPSA) is 121 Å². The third-order valence-electron chi connectivity index (χ3n) is 5.71. The minimum atomic E-state index is -1.14. The van der Waals surface area contributed by atoms with Gasteiger partial charge in [0.2, 0.25) is 0 Å². The van der Waals surface area contributed by atoms with Crippen molar-refractivity contribution >= 4 is 50.8 Å². The Morgan fingerprint density at radius 3 is 2.83 bits per heavy atom. The number of carbonyl (C=O) groups excluding carboxylic acids is 1. The van der Waals surface area contributed by atoms with Gasteiger partial charge >= 0.3 is 6.03 Å². The van der Waals surface area contributed by atoms with Gasteiger partial charge in [-0.25, -0.2) is 19.8 Å². The van der Waals surface area contributed by atoms with Crippen molar-refractivity contribution in [3.8, 4) is 11.3 Å². The molecule has 35 heavy (non-hydrogen) atoms. The fourth-order valence-corrected chi connectivity index (χ4v) is 4.77. The monoisotopic (exact) mass is 492 g/mol. The van der Waals surface area contributed by atoms with E-state index in [-0.39, 0.29) is 11.9 Å². The second-order valence-electron chi connectivity index (χ2n) is 8.16. The Morgan fingerprint density at radius 2 is 2.14 bits per heavy atom. The van der Waals surface area contributed by atoms with Gasteiger partial charge in [0.15, 0.2) is 11.0 Å². The second kappa shape index (κ2) is 10.9. The minimum absolute atomic E-state index is 0.285. The summed E-state index contributed by atoms with van der Waals surface area (Å²) in [6.07, 6.45) is 4.27. The van der Waals surface area contributed by atoms with Crippen LogP contribution in [0.15, 0.2) is 52.7 Å². The summed E-state index contributed by atoms with van der Waals surface area (Å²) in [7, 11) is 0. The number of benzene rings is 1. The molecule has 1 aromatic carbocycles. The lowest BCUT2D eigenvalue weighted by Crippen LogP contribution is -2.42. The number of anilines is 1. The van der Waals surface area contributed by atoms with E-state index in [0.717, 1.165) is 32.6 Å². The van der Waals surface area contributed by atoms with Crippen LogP contribution in [-0.4, -0.2) is 59.0 Å². The van der Waals surface area contributed by atoms with Gasteiger partial charge in [-0.2, -0.15) is 0 Å². The Morgan fingerprint density at radius 1 is 1.34 bits per heavy atom. The lowest BCUT2D eigenvalue weighted by atomic mass is 9.93. The molecular formula is C25H28N6O3S. The highest BCUT2D eigenvalue weighted by atomic mass is 32.1. The maximum Gasteiger partial charge on any atom is 0.321 e. The zero-order valence-electron chi connectivity index (χ0n) is 19.7. The molecule has 0 radical (unpaired) electrons. The number of thiazole rings is 1. The highest BCUT2D eigenvalue weighted by molar-refractivity contribution is 7.22. The second-order valence-corrected chi connectivity index (χ2v) is 9.16. The number of aliphatic imine (C=N–C) groups is 2. The van der Waals surface area contributed by atoms with Crippen molar-refractivity contribution in [2.24, 2.45) is 9.98 Å². The van der Waals surface area contributed by atoms with Crippen molar-refractivity contribution in [3.05, 3.63) is 48.3 Å². The van der Waals surface area contributed by atoms with Crippen LogP contribution < -0.4 is 10.6 Å². The molecule has 0 aliphatic carbocycles. The lowest BCUT2D eigenvalue weighted by molar-refractivity contribution is -0.0205. The molecule has 3 N–H and O–H groups in total. The van der Waals surface area contributed by atoms with Gasteiger partial charge in [-0.15, -0.1) is 0 Å². The number of urea groups is 1. The standard InChI is InChI=1S/C25H28N6O3S/c1-4-27-23(32)31-24-30-20-14-17(13-18(21(20)35-24)19-7-5-6-10-28-19)16(2)15-29-22(26-3)25(33)8-11-34-12-9-25/h5-7,10,13-15,33H,3-4,8-9,11-12H2,1-2H3,(H2,27,30,31,32)/b16-15+,29-22-. The average molecular weight is 493 g/mol. The number of amidine groups is 1. The Bertz CT molecular complexity index is 1280. The van der Waals surface area contributed by atoms with E-state index in [2.05, 4.69) is 37.3 Å². The summed E-state index contributed by atoms with van der Waals surface area (Å²) in [4.78, 5) is 29.6. The number of nitrogens with one attached hydrogen (secondary N) is 2. The number of nitrogens with zero attached hydrogens (tertiary/aromatic N) is 4. The van der Waals surface area contributed by atoms with Gasteiger partial charge < -0.3 is 15.2 Å².